The van der Waals surface area contributed by atoms with Gasteiger partial charge in [-0.05, 0) is 12.6 Å². The fourth-order valence-corrected chi connectivity index (χ4v) is 3.95. The molecule has 0 fully saturated rings. The van der Waals surface area contributed by atoms with Crippen LogP contribution in [0.25, 0.3) is 4.96 Å². The highest BCUT2D eigenvalue weighted by Crippen LogP contribution is 2.42. The summed E-state index contributed by atoms with van der Waals surface area (Å²) in [5.74, 6) is 0.803. The van der Waals surface area contributed by atoms with Crippen molar-refractivity contribution in [3.05, 3.63) is 41.0 Å². The number of hydrogen-bond acceptors (Lipinski definition) is 7. The number of hydrogen-bond donors (Lipinski definition) is 2. The normalized spacial score (nSPS) is 12.8. The van der Waals surface area contributed by atoms with Crippen molar-refractivity contribution in [2.45, 2.75) is 13.0 Å². The maximum absolute atomic E-state index is 10.6. The average Bonchev–Trinajstić information content (AvgIpc) is 3.18. The first kappa shape index (κ1) is 16.7. The van der Waals surface area contributed by atoms with Gasteiger partial charge in [0.1, 0.15) is 12.1 Å². The number of para-hydroxylation sites is 1. The Hall–Kier alpha value is -2.16. The van der Waals surface area contributed by atoms with Gasteiger partial charge in [-0.25, -0.2) is 4.98 Å². The van der Waals surface area contributed by atoms with Crippen LogP contribution in [0.4, 0.5) is 0 Å². The van der Waals surface area contributed by atoms with Crippen LogP contribution >= 0.6 is 11.3 Å². The third kappa shape index (κ3) is 2.83. The smallest absolute Gasteiger partial charge is 0.230 e. The Morgan fingerprint density at radius 2 is 2.17 bits per heavy atom. The summed E-state index contributed by atoms with van der Waals surface area (Å²) in [6, 6.07) is 7.45. The van der Waals surface area contributed by atoms with Gasteiger partial charge in [0.2, 0.25) is 10.8 Å². The van der Waals surface area contributed by atoms with E-state index in [1.807, 2.05) is 31.2 Å². The van der Waals surface area contributed by atoms with E-state index in [9.17, 15) is 10.2 Å². The fraction of sp³-hybridized carbons (Fsp3) is 0.375. The summed E-state index contributed by atoms with van der Waals surface area (Å²) >= 11 is 1.38. The Morgan fingerprint density at radius 3 is 2.83 bits per heavy atom. The minimum Gasteiger partial charge on any atom is -0.496 e. The number of likely N-dealkylation sites (N-methyl/N-ethyl adjacent to an activating group) is 1. The molecule has 0 radical (unpaired) electrons. The van der Waals surface area contributed by atoms with Gasteiger partial charge >= 0.3 is 0 Å². The van der Waals surface area contributed by atoms with Gasteiger partial charge in [0.25, 0.3) is 0 Å². The quantitative estimate of drug-likeness (QED) is 0.679. The summed E-state index contributed by atoms with van der Waals surface area (Å²) in [6.07, 6.45) is 1.42. The van der Waals surface area contributed by atoms with E-state index in [0.717, 1.165) is 16.2 Å². The van der Waals surface area contributed by atoms with Crippen molar-refractivity contribution >= 4 is 16.3 Å². The predicted molar refractivity (Wildman–Crippen MR) is 91.7 cm³/mol. The van der Waals surface area contributed by atoms with E-state index in [4.69, 9.17) is 4.74 Å². The molecule has 2 heterocycles. The second-order valence-electron chi connectivity index (χ2n) is 5.24. The number of benzene rings is 1. The molecule has 0 bridgehead atoms. The van der Waals surface area contributed by atoms with E-state index in [1.165, 1.54) is 22.2 Å². The van der Waals surface area contributed by atoms with Crippen LogP contribution in [0, 0.1) is 0 Å². The van der Waals surface area contributed by atoms with Crippen molar-refractivity contribution in [3.63, 3.8) is 0 Å². The highest BCUT2D eigenvalue weighted by atomic mass is 32.1. The van der Waals surface area contributed by atoms with E-state index in [0.29, 0.717) is 18.1 Å². The molecule has 1 unspecified atom stereocenters. The van der Waals surface area contributed by atoms with Gasteiger partial charge in [0, 0.05) is 12.1 Å². The lowest BCUT2D eigenvalue weighted by Gasteiger charge is -2.30. The van der Waals surface area contributed by atoms with Crippen LogP contribution < -0.4 is 4.74 Å². The summed E-state index contributed by atoms with van der Waals surface area (Å²) in [4.78, 5) is 7.60. The predicted octanol–water partition coefficient (Wildman–Crippen LogP) is 1.91. The number of aromatic hydroxyl groups is 1. The molecule has 0 saturated carbocycles. The van der Waals surface area contributed by atoms with Crippen LogP contribution in [0.15, 0.2) is 30.6 Å². The molecular weight excluding hydrogens is 328 g/mol. The topological polar surface area (TPSA) is 83.1 Å². The maximum Gasteiger partial charge on any atom is 0.230 e. The number of fused-ring (bicyclic) bond motifs is 1. The second kappa shape index (κ2) is 7.16. The van der Waals surface area contributed by atoms with Gasteiger partial charge in [-0.15, -0.1) is 0 Å². The molecule has 0 aliphatic heterocycles. The van der Waals surface area contributed by atoms with Crippen molar-refractivity contribution < 1.29 is 14.9 Å². The van der Waals surface area contributed by atoms with E-state index in [2.05, 4.69) is 15.0 Å². The molecule has 0 aliphatic rings. The minimum atomic E-state index is -0.258. The molecule has 0 amide bonds. The molecular formula is C16H20N4O3S. The largest absolute Gasteiger partial charge is 0.496 e. The lowest BCUT2D eigenvalue weighted by molar-refractivity contribution is 0.172. The molecule has 3 rings (SSSR count). The third-order valence-electron chi connectivity index (χ3n) is 3.98. The Bertz CT molecular complexity index is 817. The van der Waals surface area contributed by atoms with Crippen LogP contribution in [0.5, 0.6) is 11.6 Å². The zero-order chi connectivity index (χ0) is 17.1. The molecule has 1 atom stereocenters. The summed E-state index contributed by atoms with van der Waals surface area (Å²) in [5, 5.41) is 24.1. The van der Waals surface area contributed by atoms with Crippen molar-refractivity contribution in [2.75, 3.05) is 26.8 Å². The van der Waals surface area contributed by atoms with Gasteiger partial charge in [-0.3, -0.25) is 4.90 Å². The first-order valence-electron chi connectivity index (χ1n) is 7.70. The first-order chi connectivity index (χ1) is 11.7. The van der Waals surface area contributed by atoms with E-state index >= 15 is 0 Å². The molecule has 0 saturated heterocycles. The van der Waals surface area contributed by atoms with Gasteiger partial charge in [-0.1, -0.05) is 36.5 Å². The van der Waals surface area contributed by atoms with Crippen LogP contribution in [0.3, 0.4) is 0 Å². The highest BCUT2D eigenvalue weighted by molar-refractivity contribution is 7.17. The number of nitrogens with zero attached hydrogens (tertiary/aromatic N) is 4. The zero-order valence-electron chi connectivity index (χ0n) is 13.6. The molecule has 2 N–H and O–H groups in total. The lowest BCUT2D eigenvalue weighted by Crippen LogP contribution is -2.32. The number of ether oxygens (including phenoxy) is 1. The Labute approximate surface area is 143 Å². The summed E-state index contributed by atoms with van der Waals surface area (Å²) in [5.41, 5.74) is 0.926. The summed E-state index contributed by atoms with van der Waals surface area (Å²) < 4.78 is 6.94. The van der Waals surface area contributed by atoms with E-state index in [1.54, 1.807) is 7.11 Å². The summed E-state index contributed by atoms with van der Waals surface area (Å²) in [6.45, 7) is 3.23. The molecule has 0 spiro atoms. The number of aliphatic hydroxyl groups excluding tert-OH is 1. The number of aliphatic hydroxyl groups is 1. The molecule has 24 heavy (non-hydrogen) atoms. The highest BCUT2D eigenvalue weighted by Gasteiger charge is 2.30. The van der Waals surface area contributed by atoms with Gasteiger partial charge in [-0.2, -0.15) is 9.61 Å². The number of rotatable bonds is 7. The fourth-order valence-electron chi connectivity index (χ4n) is 2.87. The minimum absolute atomic E-state index is 0.0288. The van der Waals surface area contributed by atoms with Crippen LogP contribution in [-0.2, 0) is 0 Å². The van der Waals surface area contributed by atoms with Crippen molar-refractivity contribution in [2.24, 2.45) is 0 Å². The van der Waals surface area contributed by atoms with Gasteiger partial charge in [0.15, 0.2) is 0 Å². The van der Waals surface area contributed by atoms with Crippen LogP contribution in [-0.4, -0.2) is 56.5 Å². The molecule has 128 valence electrons. The number of methoxy groups -OCH3 is 1. The Morgan fingerprint density at radius 1 is 1.38 bits per heavy atom. The standard InChI is InChI=1S/C16H20N4O3S/c1-3-19(8-9-21)13(11-6-4-5-7-12(11)23-2)14-15(22)20-16(24-14)17-10-18-20/h4-7,10,13,21-22H,3,8-9H2,1-2H3. The maximum atomic E-state index is 10.6. The van der Waals surface area contributed by atoms with Crippen molar-refractivity contribution in [3.8, 4) is 11.6 Å². The second-order valence-corrected chi connectivity index (χ2v) is 6.25. The van der Waals surface area contributed by atoms with Crippen LogP contribution in [0.1, 0.15) is 23.4 Å². The average molecular weight is 348 g/mol. The van der Waals surface area contributed by atoms with Gasteiger partial charge in [0.05, 0.1) is 24.6 Å². The molecule has 2 aromatic heterocycles. The molecule has 8 heteroatoms. The zero-order valence-corrected chi connectivity index (χ0v) is 14.4. The molecule has 3 aromatic rings. The molecule has 0 aliphatic carbocycles. The molecule has 7 nitrogen and oxygen atoms in total. The van der Waals surface area contributed by atoms with Crippen molar-refractivity contribution in [1.82, 2.24) is 19.5 Å². The SMILES string of the molecule is CCN(CCO)C(c1ccccc1OC)c1sc2ncnn2c1O. The van der Waals surface area contributed by atoms with E-state index in [-0.39, 0.29) is 18.5 Å². The van der Waals surface area contributed by atoms with Crippen molar-refractivity contribution in [1.29, 1.82) is 0 Å². The van der Waals surface area contributed by atoms with Gasteiger partial charge < -0.3 is 14.9 Å². The Balaban J connectivity index is 2.17. The monoisotopic (exact) mass is 348 g/mol. The number of aromatic nitrogens is 3. The summed E-state index contributed by atoms with van der Waals surface area (Å²) in [7, 11) is 1.63. The van der Waals surface area contributed by atoms with E-state index < -0.39 is 0 Å². The third-order valence-corrected chi connectivity index (χ3v) is 5.07. The Kier molecular flexibility index (Phi) is 4.98. The number of thiazole rings is 1. The lowest BCUT2D eigenvalue weighted by atomic mass is 10.0. The molecule has 1 aromatic carbocycles. The van der Waals surface area contributed by atoms with Crippen LogP contribution in [0.2, 0.25) is 0 Å². The first-order valence-corrected chi connectivity index (χ1v) is 8.52.